The number of aromatic nitrogens is 4. The third kappa shape index (κ3) is 3.21. The standard InChI is InChI=1S/C13H20N6/c1-4-11-12(14-2)16-9-17-13(11)15-6-5-10-7-18-19(3)8-10/h7-9H,4-6H2,1-3H3,(H2,14,15,16,17). The summed E-state index contributed by atoms with van der Waals surface area (Å²) in [6, 6.07) is 0. The van der Waals surface area contributed by atoms with E-state index in [0.29, 0.717) is 0 Å². The van der Waals surface area contributed by atoms with E-state index < -0.39 is 0 Å². The summed E-state index contributed by atoms with van der Waals surface area (Å²) >= 11 is 0. The normalized spacial score (nSPS) is 10.5. The predicted octanol–water partition coefficient (Wildman–Crippen LogP) is 1.47. The maximum absolute atomic E-state index is 4.31. The number of nitrogens with zero attached hydrogens (tertiary/aromatic N) is 4. The molecule has 0 bridgehead atoms. The molecule has 19 heavy (non-hydrogen) atoms. The summed E-state index contributed by atoms with van der Waals surface area (Å²) in [4.78, 5) is 8.53. The van der Waals surface area contributed by atoms with E-state index in [0.717, 1.165) is 36.6 Å². The second-order valence-corrected chi connectivity index (χ2v) is 4.35. The Kier molecular flexibility index (Phi) is 4.33. The maximum Gasteiger partial charge on any atom is 0.134 e. The number of nitrogens with one attached hydrogen (secondary N) is 2. The highest BCUT2D eigenvalue weighted by Crippen LogP contribution is 2.19. The minimum absolute atomic E-state index is 0.832. The van der Waals surface area contributed by atoms with Gasteiger partial charge in [0, 0.05) is 32.4 Å². The van der Waals surface area contributed by atoms with Gasteiger partial charge >= 0.3 is 0 Å². The predicted molar refractivity (Wildman–Crippen MR) is 76.4 cm³/mol. The van der Waals surface area contributed by atoms with Gasteiger partial charge in [-0.2, -0.15) is 5.10 Å². The average molecular weight is 260 g/mol. The van der Waals surface area contributed by atoms with Gasteiger partial charge in [0.2, 0.25) is 0 Å². The van der Waals surface area contributed by atoms with Crippen LogP contribution in [-0.2, 0) is 19.9 Å². The molecular weight excluding hydrogens is 240 g/mol. The number of rotatable bonds is 6. The fourth-order valence-corrected chi connectivity index (χ4v) is 2.04. The summed E-state index contributed by atoms with van der Waals surface area (Å²) < 4.78 is 1.82. The van der Waals surface area contributed by atoms with Crippen LogP contribution in [0.3, 0.4) is 0 Å². The van der Waals surface area contributed by atoms with E-state index >= 15 is 0 Å². The summed E-state index contributed by atoms with van der Waals surface area (Å²) in [6.45, 7) is 2.94. The molecule has 2 heterocycles. The lowest BCUT2D eigenvalue weighted by Crippen LogP contribution is -2.10. The van der Waals surface area contributed by atoms with E-state index in [2.05, 4.69) is 32.6 Å². The Morgan fingerprint density at radius 3 is 2.68 bits per heavy atom. The minimum atomic E-state index is 0.832. The number of anilines is 2. The maximum atomic E-state index is 4.31. The third-order valence-electron chi connectivity index (χ3n) is 3.00. The van der Waals surface area contributed by atoms with Crippen molar-refractivity contribution in [1.82, 2.24) is 19.7 Å². The van der Waals surface area contributed by atoms with Gasteiger partial charge in [-0.1, -0.05) is 6.92 Å². The summed E-state index contributed by atoms with van der Waals surface area (Å²) in [5, 5.41) is 10.6. The summed E-state index contributed by atoms with van der Waals surface area (Å²) in [7, 11) is 3.80. The van der Waals surface area contributed by atoms with Crippen molar-refractivity contribution in [2.75, 3.05) is 24.2 Å². The molecule has 0 aromatic carbocycles. The highest BCUT2D eigenvalue weighted by molar-refractivity contribution is 5.57. The largest absolute Gasteiger partial charge is 0.373 e. The Morgan fingerprint density at radius 2 is 2.05 bits per heavy atom. The zero-order valence-electron chi connectivity index (χ0n) is 11.6. The molecule has 6 nitrogen and oxygen atoms in total. The molecule has 0 aliphatic carbocycles. The van der Waals surface area contributed by atoms with Crippen LogP contribution in [0.2, 0.25) is 0 Å². The molecular formula is C13H20N6. The van der Waals surface area contributed by atoms with E-state index in [-0.39, 0.29) is 0 Å². The van der Waals surface area contributed by atoms with Crippen LogP contribution in [0.1, 0.15) is 18.1 Å². The van der Waals surface area contributed by atoms with Crippen LogP contribution >= 0.6 is 0 Å². The molecule has 0 radical (unpaired) electrons. The Labute approximate surface area is 113 Å². The van der Waals surface area contributed by atoms with Crippen LogP contribution in [0.25, 0.3) is 0 Å². The van der Waals surface area contributed by atoms with Gasteiger partial charge in [0.05, 0.1) is 6.20 Å². The third-order valence-corrected chi connectivity index (χ3v) is 3.00. The molecule has 0 aliphatic heterocycles. The molecule has 2 rings (SSSR count). The first-order chi connectivity index (χ1) is 9.24. The quantitative estimate of drug-likeness (QED) is 0.823. The van der Waals surface area contributed by atoms with Crippen LogP contribution in [-0.4, -0.2) is 33.3 Å². The zero-order chi connectivity index (χ0) is 13.7. The van der Waals surface area contributed by atoms with Crippen molar-refractivity contribution in [3.63, 3.8) is 0 Å². The average Bonchev–Trinajstić information content (AvgIpc) is 2.84. The van der Waals surface area contributed by atoms with E-state index in [1.54, 1.807) is 6.33 Å². The zero-order valence-corrected chi connectivity index (χ0v) is 11.6. The molecule has 0 spiro atoms. The van der Waals surface area contributed by atoms with Crippen LogP contribution in [0.4, 0.5) is 11.6 Å². The molecule has 6 heteroatoms. The fraction of sp³-hybridized carbons (Fsp3) is 0.462. The number of hydrogen-bond donors (Lipinski definition) is 2. The van der Waals surface area contributed by atoms with E-state index in [1.807, 2.05) is 31.2 Å². The smallest absolute Gasteiger partial charge is 0.134 e. The van der Waals surface area contributed by atoms with Crippen molar-refractivity contribution in [2.45, 2.75) is 19.8 Å². The van der Waals surface area contributed by atoms with Crippen LogP contribution in [0, 0.1) is 0 Å². The number of hydrogen-bond acceptors (Lipinski definition) is 5. The molecule has 0 atom stereocenters. The first kappa shape index (κ1) is 13.3. The van der Waals surface area contributed by atoms with Gasteiger partial charge in [-0.3, -0.25) is 4.68 Å². The lowest BCUT2D eigenvalue weighted by molar-refractivity contribution is 0.766. The molecule has 0 aliphatic rings. The van der Waals surface area contributed by atoms with Crippen LogP contribution in [0.15, 0.2) is 18.7 Å². The van der Waals surface area contributed by atoms with Gasteiger partial charge in [-0.15, -0.1) is 0 Å². The van der Waals surface area contributed by atoms with Crippen molar-refractivity contribution < 1.29 is 0 Å². The van der Waals surface area contributed by atoms with E-state index in [9.17, 15) is 0 Å². The second kappa shape index (κ2) is 6.17. The van der Waals surface area contributed by atoms with Crippen molar-refractivity contribution in [1.29, 1.82) is 0 Å². The van der Waals surface area contributed by atoms with Crippen LogP contribution in [0.5, 0.6) is 0 Å². The molecule has 2 aromatic heterocycles. The van der Waals surface area contributed by atoms with E-state index in [1.165, 1.54) is 5.56 Å². The fourth-order valence-electron chi connectivity index (χ4n) is 2.04. The Hall–Kier alpha value is -2.11. The molecule has 0 fully saturated rings. The Bertz CT molecular complexity index is 534. The first-order valence-electron chi connectivity index (χ1n) is 6.47. The van der Waals surface area contributed by atoms with Crippen LogP contribution < -0.4 is 10.6 Å². The highest BCUT2D eigenvalue weighted by Gasteiger charge is 2.08. The minimum Gasteiger partial charge on any atom is -0.373 e. The lowest BCUT2D eigenvalue weighted by atomic mass is 10.2. The van der Waals surface area contributed by atoms with Crippen molar-refractivity contribution in [3.8, 4) is 0 Å². The first-order valence-corrected chi connectivity index (χ1v) is 6.47. The molecule has 2 aromatic rings. The molecule has 102 valence electrons. The SMILES string of the molecule is CCc1c(NC)ncnc1NCCc1cnn(C)c1. The monoisotopic (exact) mass is 260 g/mol. The topological polar surface area (TPSA) is 67.7 Å². The van der Waals surface area contributed by atoms with Gasteiger partial charge in [-0.05, 0) is 18.4 Å². The Balaban J connectivity index is 1.99. The summed E-state index contributed by atoms with van der Waals surface area (Å²) in [6.07, 6.45) is 7.32. The molecule has 0 unspecified atom stereocenters. The molecule has 0 amide bonds. The van der Waals surface area contributed by atoms with Gasteiger partial charge < -0.3 is 10.6 Å². The summed E-state index contributed by atoms with van der Waals surface area (Å²) in [5.41, 5.74) is 2.34. The Morgan fingerprint density at radius 1 is 1.26 bits per heavy atom. The van der Waals surface area contributed by atoms with Gasteiger partial charge in [0.25, 0.3) is 0 Å². The van der Waals surface area contributed by atoms with Crippen molar-refractivity contribution in [3.05, 3.63) is 29.8 Å². The highest BCUT2D eigenvalue weighted by atomic mass is 15.2. The second-order valence-electron chi connectivity index (χ2n) is 4.35. The molecule has 0 saturated heterocycles. The lowest BCUT2D eigenvalue weighted by Gasteiger charge is -2.12. The van der Waals surface area contributed by atoms with Crippen molar-refractivity contribution in [2.24, 2.45) is 7.05 Å². The molecule has 0 saturated carbocycles. The van der Waals surface area contributed by atoms with Gasteiger partial charge in [0.15, 0.2) is 0 Å². The summed E-state index contributed by atoms with van der Waals surface area (Å²) in [5.74, 6) is 1.80. The van der Waals surface area contributed by atoms with E-state index in [4.69, 9.17) is 0 Å². The van der Waals surface area contributed by atoms with Gasteiger partial charge in [-0.25, -0.2) is 9.97 Å². The molecule has 2 N–H and O–H groups in total. The number of aryl methyl sites for hydroxylation is 1. The van der Waals surface area contributed by atoms with Crippen molar-refractivity contribution >= 4 is 11.6 Å². The van der Waals surface area contributed by atoms with Gasteiger partial charge in [0.1, 0.15) is 18.0 Å².